The van der Waals surface area contributed by atoms with Gasteiger partial charge in [-0.05, 0) is 68.9 Å². The molecule has 5 heteroatoms. The summed E-state index contributed by atoms with van der Waals surface area (Å²) in [5.74, 6) is 0. The quantitative estimate of drug-likeness (QED) is 0.600. The van der Waals surface area contributed by atoms with Gasteiger partial charge in [0.15, 0.2) is 0 Å². The van der Waals surface area contributed by atoms with Crippen LogP contribution >= 0.6 is 50.3 Å². The predicted molar refractivity (Wildman–Crippen MR) is 79.6 cm³/mol. The first-order valence-electron chi connectivity index (χ1n) is 4.49. The highest BCUT2D eigenvalue weighted by atomic mass is 127. The van der Waals surface area contributed by atoms with Crippen LogP contribution in [0, 0.1) is 3.57 Å². The molecule has 0 amide bonds. The number of halogens is 2. The van der Waals surface area contributed by atoms with E-state index in [0.717, 1.165) is 23.7 Å². The van der Waals surface area contributed by atoms with Gasteiger partial charge in [0.1, 0.15) is 5.03 Å². The Hall–Kier alpha value is -0.270. The number of nitrogens with two attached hydrogens (primary N) is 1. The van der Waals surface area contributed by atoms with Gasteiger partial charge < -0.3 is 5.73 Å². The Kier molecular flexibility index (Phi) is 4.10. The number of nitrogen functional groups attached to an aromatic ring is 1. The van der Waals surface area contributed by atoms with Crippen LogP contribution < -0.4 is 5.73 Å². The smallest absolute Gasteiger partial charge is 0.101 e. The average Bonchev–Trinajstić information content (AvgIpc) is 2.25. The standard InChI is InChI=1S/C11H8BrIN2S/c12-7-1-4-11(15-6-7)16-10-3-2-8(13)5-9(10)14/h1-6H,14H2. The molecule has 0 saturated carbocycles. The van der Waals surface area contributed by atoms with Gasteiger partial charge in [-0.2, -0.15) is 0 Å². The summed E-state index contributed by atoms with van der Waals surface area (Å²) in [6, 6.07) is 9.95. The Morgan fingerprint density at radius 3 is 2.69 bits per heavy atom. The van der Waals surface area contributed by atoms with E-state index in [1.165, 1.54) is 0 Å². The fourth-order valence-corrected chi connectivity index (χ4v) is 2.68. The zero-order valence-electron chi connectivity index (χ0n) is 8.15. The minimum atomic E-state index is 0.793. The Labute approximate surface area is 120 Å². The van der Waals surface area contributed by atoms with Gasteiger partial charge in [0.25, 0.3) is 0 Å². The molecule has 0 radical (unpaired) electrons. The van der Waals surface area contributed by atoms with Gasteiger partial charge in [-0.3, -0.25) is 0 Å². The summed E-state index contributed by atoms with van der Waals surface area (Å²) < 4.78 is 2.12. The van der Waals surface area contributed by atoms with Gasteiger partial charge in [0.05, 0.1) is 0 Å². The fourth-order valence-electron chi connectivity index (χ4n) is 1.15. The largest absolute Gasteiger partial charge is 0.398 e. The van der Waals surface area contributed by atoms with E-state index < -0.39 is 0 Å². The summed E-state index contributed by atoms with van der Waals surface area (Å²) in [5.41, 5.74) is 6.73. The zero-order chi connectivity index (χ0) is 11.5. The van der Waals surface area contributed by atoms with E-state index in [1.54, 1.807) is 18.0 Å². The van der Waals surface area contributed by atoms with E-state index >= 15 is 0 Å². The molecule has 2 aromatic rings. The van der Waals surface area contributed by atoms with E-state index in [2.05, 4.69) is 43.5 Å². The van der Waals surface area contributed by atoms with Crippen molar-refractivity contribution in [3.05, 3.63) is 44.6 Å². The van der Waals surface area contributed by atoms with Crippen molar-refractivity contribution < 1.29 is 0 Å². The van der Waals surface area contributed by atoms with Crippen molar-refractivity contribution in [1.29, 1.82) is 0 Å². The molecule has 0 atom stereocenters. The van der Waals surface area contributed by atoms with E-state index in [-0.39, 0.29) is 0 Å². The average molecular weight is 407 g/mol. The van der Waals surface area contributed by atoms with Crippen molar-refractivity contribution in [2.24, 2.45) is 0 Å². The van der Waals surface area contributed by atoms with Crippen LogP contribution in [0.3, 0.4) is 0 Å². The molecule has 1 aromatic carbocycles. The molecular formula is C11H8BrIN2S. The van der Waals surface area contributed by atoms with Crippen molar-refractivity contribution in [2.45, 2.75) is 9.92 Å². The number of aromatic nitrogens is 1. The fraction of sp³-hybridized carbons (Fsp3) is 0. The first-order chi connectivity index (χ1) is 7.65. The minimum Gasteiger partial charge on any atom is -0.398 e. The molecule has 2 N–H and O–H groups in total. The Balaban J connectivity index is 2.23. The Morgan fingerprint density at radius 2 is 2.06 bits per heavy atom. The molecule has 2 nitrogen and oxygen atoms in total. The van der Waals surface area contributed by atoms with Crippen LogP contribution in [0.25, 0.3) is 0 Å². The maximum Gasteiger partial charge on any atom is 0.101 e. The first-order valence-corrected chi connectivity index (χ1v) is 7.18. The van der Waals surface area contributed by atoms with Crippen molar-refractivity contribution in [1.82, 2.24) is 4.98 Å². The third-order valence-electron chi connectivity index (χ3n) is 1.89. The lowest BCUT2D eigenvalue weighted by molar-refractivity contribution is 1.12. The summed E-state index contributed by atoms with van der Waals surface area (Å²) in [4.78, 5) is 5.33. The highest BCUT2D eigenvalue weighted by Crippen LogP contribution is 2.31. The highest BCUT2D eigenvalue weighted by molar-refractivity contribution is 14.1. The summed E-state index contributed by atoms with van der Waals surface area (Å²) >= 11 is 7.18. The maximum absolute atomic E-state index is 5.94. The number of benzene rings is 1. The molecule has 1 aromatic heterocycles. The second-order valence-electron chi connectivity index (χ2n) is 3.10. The first kappa shape index (κ1) is 12.2. The second-order valence-corrected chi connectivity index (χ2v) is 6.32. The summed E-state index contributed by atoms with van der Waals surface area (Å²) in [6.45, 7) is 0. The molecule has 0 aliphatic carbocycles. The maximum atomic E-state index is 5.94. The Bertz CT molecular complexity index is 502. The molecule has 0 fully saturated rings. The molecule has 0 bridgehead atoms. The van der Waals surface area contributed by atoms with Gasteiger partial charge in [-0.1, -0.05) is 11.8 Å². The van der Waals surface area contributed by atoms with E-state index in [4.69, 9.17) is 5.73 Å². The van der Waals surface area contributed by atoms with Crippen molar-refractivity contribution in [3.8, 4) is 0 Å². The van der Waals surface area contributed by atoms with Crippen LogP contribution in [0.2, 0.25) is 0 Å². The van der Waals surface area contributed by atoms with Crippen LogP contribution in [-0.2, 0) is 0 Å². The van der Waals surface area contributed by atoms with Gasteiger partial charge in [0, 0.05) is 24.8 Å². The summed E-state index contributed by atoms with van der Waals surface area (Å²) in [5, 5.41) is 0.941. The molecule has 0 spiro atoms. The number of rotatable bonds is 2. The van der Waals surface area contributed by atoms with E-state index in [9.17, 15) is 0 Å². The third-order valence-corrected chi connectivity index (χ3v) is 4.07. The van der Waals surface area contributed by atoms with Gasteiger partial charge in [-0.25, -0.2) is 4.98 Å². The number of nitrogens with zero attached hydrogens (tertiary/aromatic N) is 1. The summed E-state index contributed by atoms with van der Waals surface area (Å²) in [7, 11) is 0. The number of pyridine rings is 1. The second kappa shape index (κ2) is 5.37. The van der Waals surface area contributed by atoms with E-state index in [1.807, 2.05) is 30.3 Å². The van der Waals surface area contributed by atoms with Crippen molar-refractivity contribution >= 4 is 56.0 Å². The molecule has 2 rings (SSSR count). The minimum absolute atomic E-state index is 0.793. The lowest BCUT2D eigenvalue weighted by atomic mass is 10.3. The molecule has 16 heavy (non-hydrogen) atoms. The topological polar surface area (TPSA) is 38.9 Å². The SMILES string of the molecule is Nc1cc(I)ccc1Sc1ccc(Br)cn1. The van der Waals surface area contributed by atoms with Crippen LogP contribution in [0.4, 0.5) is 5.69 Å². The predicted octanol–water partition coefficient (Wildman–Crippen LogP) is 4.18. The lowest BCUT2D eigenvalue weighted by Crippen LogP contribution is -1.89. The number of hydrogen-bond donors (Lipinski definition) is 1. The zero-order valence-corrected chi connectivity index (χ0v) is 12.7. The normalized spacial score (nSPS) is 10.4. The molecular weight excluding hydrogens is 399 g/mol. The van der Waals surface area contributed by atoms with Gasteiger partial charge in [-0.15, -0.1) is 0 Å². The number of hydrogen-bond acceptors (Lipinski definition) is 3. The molecule has 0 saturated heterocycles. The van der Waals surface area contributed by atoms with Gasteiger partial charge >= 0.3 is 0 Å². The van der Waals surface area contributed by atoms with Crippen LogP contribution in [0.5, 0.6) is 0 Å². The van der Waals surface area contributed by atoms with Crippen molar-refractivity contribution in [3.63, 3.8) is 0 Å². The van der Waals surface area contributed by atoms with E-state index in [0.29, 0.717) is 0 Å². The molecule has 0 aliphatic rings. The molecule has 0 aliphatic heterocycles. The third kappa shape index (κ3) is 3.11. The van der Waals surface area contributed by atoms with Crippen molar-refractivity contribution in [2.75, 3.05) is 5.73 Å². The monoisotopic (exact) mass is 406 g/mol. The number of anilines is 1. The van der Waals surface area contributed by atoms with Gasteiger partial charge in [0.2, 0.25) is 0 Å². The molecule has 0 unspecified atom stereocenters. The molecule has 82 valence electrons. The van der Waals surface area contributed by atoms with Crippen LogP contribution in [0.1, 0.15) is 0 Å². The summed E-state index contributed by atoms with van der Waals surface area (Å²) in [6.07, 6.45) is 1.78. The highest BCUT2D eigenvalue weighted by Gasteiger charge is 2.03. The van der Waals surface area contributed by atoms with Crippen LogP contribution in [-0.4, -0.2) is 4.98 Å². The lowest BCUT2D eigenvalue weighted by Gasteiger charge is -2.05. The molecule has 1 heterocycles. The Morgan fingerprint density at radius 1 is 1.25 bits per heavy atom. The van der Waals surface area contributed by atoms with Crippen LogP contribution in [0.15, 0.2) is 50.9 Å².